The number of ether oxygens (including phenoxy) is 1. The monoisotopic (exact) mass is 318 g/mol. The van der Waals surface area contributed by atoms with Crippen LogP contribution in [0.25, 0.3) is 0 Å². The molecule has 0 aromatic heterocycles. The fourth-order valence-corrected chi connectivity index (χ4v) is 2.30. The van der Waals surface area contributed by atoms with Gasteiger partial charge in [0, 0.05) is 17.5 Å². The third-order valence-electron chi connectivity index (χ3n) is 3.30. The number of halogens is 2. The Labute approximate surface area is 116 Å². The first-order valence-electron chi connectivity index (χ1n) is 6.19. The predicted molar refractivity (Wildman–Crippen MR) is 74.1 cm³/mol. The summed E-state index contributed by atoms with van der Waals surface area (Å²) in [4.78, 5) is 0. The molecule has 2 nitrogen and oxygen atoms in total. The second-order valence-electron chi connectivity index (χ2n) is 4.55. The molecular weight excluding hydrogens is 299 g/mol. The Morgan fingerprint density at radius 3 is 2.67 bits per heavy atom. The zero-order valence-electron chi connectivity index (χ0n) is 11.0. The summed E-state index contributed by atoms with van der Waals surface area (Å²) in [6.07, 6.45) is 0.194. The Balaban J connectivity index is 2.85. The van der Waals surface area contributed by atoms with E-state index in [-0.39, 0.29) is 12.2 Å². The first-order valence-corrected chi connectivity index (χ1v) is 6.98. The van der Waals surface area contributed by atoms with Crippen LogP contribution in [0.3, 0.4) is 0 Å². The summed E-state index contributed by atoms with van der Waals surface area (Å²) < 4.78 is 20.0. The average Bonchev–Trinajstić information content (AvgIpc) is 2.34. The van der Waals surface area contributed by atoms with E-state index in [1.54, 1.807) is 12.1 Å². The van der Waals surface area contributed by atoms with Crippen LogP contribution >= 0.6 is 15.9 Å². The number of aliphatic hydroxyl groups is 1. The van der Waals surface area contributed by atoms with Gasteiger partial charge >= 0.3 is 0 Å². The van der Waals surface area contributed by atoms with Gasteiger partial charge in [0.25, 0.3) is 0 Å². The second kappa shape index (κ2) is 6.64. The van der Waals surface area contributed by atoms with Crippen molar-refractivity contribution in [2.75, 3.05) is 6.61 Å². The van der Waals surface area contributed by atoms with Crippen LogP contribution in [-0.2, 0) is 11.2 Å². The van der Waals surface area contributed by atoms with Crippen molar-refractivity contribution < 1.29 is 14.2 Å². The van der Waals surface area contributed by atoms with Crippen molar-refractivity contribution in [1.29, 1.82) is 0 Å². The molecule has 1 aromatic rings. The molecule has 18 heavy (non-hydrogen) atoms. The molecule has 102 valence electrons. The standard InChI is InChI=1S/C14H20BrFO2/c1-4-14(3,18-5-2)13(17)9-10-8-11(15)6-7-12(10)16/h6-8,13,17H,4-5,9H2,1-3H3. The largest absolute Gasteiger partial charge is 0.390 e. The Kier molecular flexibility index (Phi) is 5.76. The van der Waals surface area contributed by atoms with Crippen LogP contribution in [0.1, 0.15) is 32.8 Å². The molecule has 4 heteroatoms. The highest BCUT2D eigenvalue weighted by atomic mass is 79.9. The van der Waals surface area contributed by atoms with Crippen molar-refractivity contribution in [3.8, 4) is 0 Å². The molecule has 1 rings (SSSR count). The van der Waals surface area contributed by atoms with Gasteiger partial charge in [-0.2, -0.15) is 0 Å². The van der Waals surface area contributed by atoms with Gasteiger partial charge in [-0.05, 0) is 44.0 Å². The van der Waals surface area contributed by atoms with E-state index in [1.165, 1.54) is 6.07 Å². The molecule has 0 bridgehead atoms. The van der Waals surface area contributed by atoms with Crippen LogP contribution in [-0.4, -0.2) is 23.4 Å². The van der Waals surface area contributed by atoms with Crippen molar-refractivity contribution in [2.24, 2.45) is 0 Å². The van der Waals surface area contributed by atoms with Crippen LogP contribution in [0.5, 0.6) is 0 Å². The van der Waals surface area contributed by atoms with Gasteiger partial charge in [-0.15, -0.1) is 0 Å². The fraction of sp³-hybridized carbons (Fsp3) is 0.571. The molecule has 1 aromatic carbocycles. The van der Waals surface area contributed by atoms with Gasteiger partial charge in [0.2, 0.25) is 0 Å². The fourth-order valence-electron chi connectivity index (χ4n) is 1.89. The Morgan fingerprint density at radius 2 is 2.11 bits per heavy atom. The highest BCUT2D eigenvalue weighted by Gasteiger charge is 2.32. The van der Waals surface area contributed by atoms with Crippen molar-refractivity contribution in [2.45, 2.75) is 45.3 Å². The molecule has 0 aliphatic rings. The van der Waals surface area contributed by atoms with Crippen LogP contribution in [0.15, 0.2) is 22.7 Å². The minimum Gasteiger partial charge on any atom is -0.390 e. The van der Waals surface area contributed by atoms with E-state index >= 15 is 0 Å². The van der Waals surface area contributed by atoms with Crippen molar-refractivity contribution in [3.63, 3.8) is 0 Å². The van der Waals surface area contributed by atoms with Gasteiger partial charge in [-0.3, -0.25) is 0 Å². The smallest absolute Gasteiger partial charge is 0.126 e. The summed E-state index contributed by atoms with van der Waals surface area (Å²) >= 11 is 3.30. The van der Waals surface area contributed by atoms with Crippen molar-refractivity contribution in [3.05, 3.63) is 34.1 Å². The molecule has 0 aliphatic heterocycles. The summed E-state index contributed by atoms with van der Waals surface area (Å²) in [5.74, 6) is -0.299. The van der Waals surface area contributed by atoms with Gasteiger partial charge in [0.1, 0.15) is 5.82 Å². The molecule has 0 amide bonds. The number of aliphatic hydroxyl groups excluding tert-OH is 1. The van der Waals surface area contributed by atoms with Gasteiger partial charge in [0.15, 0.2) is 0 Å². The molecule has 2 atom stereocenters. The maximum atomic E-state index is 13.6. The van der Waals surface area contributed by atoms with Crippen LogP contribution in [0.4, 0.5) is 4.39 Å². The summed E-state index contributed by atoms with van der Waals surface area (Å²) in [5, 5.41) is 10.3. The Hall–Kier alpha value is -0.450. The summed E-state index contributed by atoms with van der Waals surface area (Å²) in [7, 11) is 0. The third kappa shape index (κ3) is 3.77. The van der Waals surface area contributed by atoms with Gasteiger partial charge in [-0.25, -0.2) is 4.39 Å². The van der Waals surface area contributed by atoms with E-state index in [0.29, 0.717) is 18.6 Å². The van der Waals surface area contributed by atoms with Crippen LogP contribution in [0, 0.1) is 5.82 Å². The minimum atomic E-state index is -0.730. The highest BCUT2D eigenvalue weighted by Crippen LogP contribution is 2.25. The molecule has 0 spiro atoms. The quantitative estimate of drug-likeness (QED) is 0.866. The van der Waals surface area contributed by atoms with Crippen molar-refractivity contribution in [1.82, 2.24) is 0 Å². The highest BCUT2D eigenvalue weighted by molar-refractivity contribution is 9.10. The molecule has 0 fully saturated rings. The SMILES string of the molecule is CCOC(C)(CC)C(O)Cc1cc(Br)ccc1F. The van der Waals surface area contributed by atoms with E-state index in [1.807, 2.05) is 20.8 Å². The lowest BCUT2D eigenvalue weighted by atomic mass is 9.90. The maximum absolute atomic E-state index is 13.6. The zero-order chi connectivity index (χ0) is 13.8. The number of hydrogen-bond donors (Lipinski definition) is 1. The molecule has 0 saturated heterocycles. The molecular formula is C14H20BrFO2. The topological polar surface area (TPSA) is 29.5 Å². The minimum absolute atomic E-state index is 0.246. The molecule has 0 saturated carbocycles. The normalized spacial score (nSPS) is 16.3. The molecule has 0 aliphatic carbocycles. The predicted octanol–water partition coefficient (Wildman–Crippen LogP) is 3.70. The van der Waals surface area contributed by atoms with Crippen LogP contribution in [0.2, 0.25) is 0 Å². The number of hydrogen-bond acceptors (Lipinski definition) is 2. The van der Waals surface area contributed by atoms with E-state index in [4.69, 9.17) is 4.74 Å². The maximum Gasteiger partial charge on any atom is 0.126 e. The van der Waals surface area contributed by atoms with E-state index in [0.717, 1.165) is 4.47 Å². The summed E-state index contributed by atoms with van der Waals surface area (Å²) in [5.41, 5.74) is -0.139. The number of rotatable bonds is 6. The number of benzene rings is 1. The lowest BCUT2D eigenvalue weighted by Crippen LogP contribution is -2.43. The van der Waals surface area contributed by atoms with Crippen LogP contribution < -0.4 is 0 Å². The van der Waals surface area contributed by atoms with E-state index < -0.39 is 11.7 Å². The first-order chi connectivity index (χ1) is 8.42. The summed E-state index contributed by atoms with van der Waals surface area (Å²) in [6.45, 7) is 6.23. The molecule has 0 heterocycles. The van der Waals surface area contributed by atoms with Gasteiger partial charge in [0.05, 0.1) is 11.7 Å². The lowest BCUT2D eigenvalue weighted by Gasteiger charge is -2.33. The second-order valence-corrected chi connectivity index (χ2v) is 5.47. The lowest BCUT2D eigenvalue weighted by molar-refractivity contribution is -0.110. The van der Waals surface area contributed by atoms with E-state index in [2.05, 4.69) is 15.9 Å². The Morgan fingerprint density at radius 1 is 1.44 bits per heavy atom. The Bertz CT molecular complexity index is 397. The molecule has 2 unspecified atom stereocenters. The molecule has 0 radical (unpaired) electrons. The summed E-state index contributed by atoms with van der Waals surface area (Å²) in [6, 6.07) is 4.74. The first kappa shape index (κ1) is 15.6. The van der Waals surface area contributed by atoms with Gasteiger partial charge < -0.3 is 9.84 Å². The zero-order valence-corrected chi connectivity index (χ0v) is 12.6. The van der Waals surface area contributed by atoms with E-state index in [9.17, 15) is 9.50 Å². The average molecular weight is 319 g/mol. The van der Waals surface area contributed by atoms with Gasteiger partial charge in [-0.1, -0.05) is 22.9 Å². The molecule has 1 N–H and O–H groups in total. The van der Waals surface area contributed by atoms with Crippen molar-refractivity contribution >= 4 is 15.9 Å². The third-order valence-corrected chi connectivity index (χ3v) is 3.80.